The Morgan fingerprint density at radius 1 is 1.37 bits per heavy atom. The van der Waals surface area contributed by atoms with Crippen LogP contribution in [-0.2, 0) is 9.59 Å². The molecule has 1 aromatic rings. The zero-order valence-corrected chi connectivity index (χ0v) is 11.0. The number of hydrogen-bond acceptors (Lipinski definition) is 3. The van der Waals surface area contributed by atoms with Crippen molar-refractivity contribution in [2.45, 2.75) is 6.92 Å². The Bertz CT molecular complexity index is 482. The number of carboxylic acid groups (broad SMARTS) is 1. The molecule has 1 amide bonds. The molecule has 0 aromatic heterocycles. The molecule has 0 spiro atoms. The number of amides is 1. The minimum Gasteiger partial charge on any atom is -0.483 e. The van der Waals surface area contributed by atoms with Crippen molar-refractivity contribution in [1.29, 1.82) is 0 Å². The van der Waals surface area contributed by atoms with Gasteiger partial charge in [-0.15, -0.1) is 0 Å². The maximum Gasteiger partial charge on any atom is 0.328 e. The number of carbonyl (C=O) groups excluding carboxylic acids is 1. The van der Waals surface area contributed by atoms with Crippen molar-refractivity contribution < 1.29 is 19.4 Å². The van der Waals surface area contributed by atoms with E-state index in [0.717, 1.165) is 6.08 Å². The summed E-state index contributed by atoms with van der Waals surface area (Å²) in [7, 11) is 1.70. The Hall–Kier alpha value is -2.30. The van der Waals surface area contributed by atoms with E-state index in [9.17, 15) is 9.59 Å². The first-order chi connectivity index (χ1) is 9.04. The Labute approximate surface area is 112 Å². The van der Waals surface area contributed by atoms with Crippen LogP contribution < -0.4 is 4.74 Å². The van der Waals surface area contributed by atoms with Crippen LogP contribution in [0.1, 0.15) is 12.5 Å². The third kappa shape index (κ3) is 4.83. The van der Waals surface area contributed by atoms with Crippen molar-refractivity contribution >= 4 is 18.0 Å². The van der Waals surface area contributed by atoms with Crippen LogP contribution in [-0.4, -0.2) is 42.1 Å². The van der Waals surface area contributed by atoms with Crippen LogP contribution in [0, 0.1) is 0 Å². The van der Waals surface area contributed by atoms with Crippen LogP contribution in [0.5, 0.6) is 5.75 Å². The molecule has 0 fully saturated rings. The van der Waals surface area contributed by atoms with Crippen molar-refractivity contribution in [2.24, 2.45) is 0 Å². The Balaban J connectivity index is 2.73. The monoisotopic (exact) mass is 263 g/mol. The van der Waals surface area contributed by atoms with Gasteiger partial charge in [0.15, 0.2) is 6.61 Å². The van der Waals surface area contributed by atoms with Crippen molar-refractivity contribution in [3.05, 3.63) is 35.9 Å². The number of hydrogen-bond donors (Lipinski definition) is 1. The van der Waals surface area contributed by atoms with Crippen LogP contribution in [0.3, 0.4) is 0 Å². The molecule has 5 heteroatoms. The number of benzene rings is 1. The highest BCUT2D eigenvalue weighted by Gasteiger charge is 2.08. The zero-order chi connectivity index (χ0) is 14.3. The first kappa shape index (κ1) is 14.8. The normalized spacial score (nSPS) is 10.4. The van der Waals surface area contributed by atoms with Gasteiger partial charge >= 0.3 is 5.97 Å². The van der Waals surface area contributed by atoms with E-state index in [1.165, 1.54) is 6.08 Å². The molecule has 0 bridgehead atoms. The average Bonchev–Trinajstić information content (AvgIpc) is 2.42. The molecule has 102 valence electrons. The molecule has 0 aliphatic rings. The molecule has 0 atom stereocenters. The topological polar surface area (TPSA) is 66.8 Å². The van der Waals surface area contributed by atoms with Gasteiger partial charge in [0, 0.05) is 25.2 Å². The van der Waals surface area contributed by atoms with E-state index in [-0.39, 0.29) is 12.5 Å². The number of likely N-dealkylation sites (N-methyl/N-ethyl adjacent to an activating group) is 1. The molecule has 0 heterocycles. The predicted molar refractivity (Wildman–Crippen MR) is 71.9 cm³/mol. The van der Waals surface area contributed by atoms with Crippen LogP contribution in [0.25, 0.3) is 6.08 Å². The lowest BCUT2D eigenvalue weighted by Crippen LogP contribution is -2.31. The predicted octanol–water partition coefficient (Wildman–Crippen LogP) is 1.64. The third-order valence-corrected chi connectivity index (χ3v) is 2.58. The first-order valence-corrected chi connectivity index (χ1v) is 5.91. The highest BCUT2D eigenvalue weighted by Crippen LogP contribution is 2.19. The summed E-state index contributed by atoms with van der Waals surface area (Å²) in [5, 5.41) is 8.60. The van der Waals surface area contributed by atoms with E-state index >= 15 is 0 Å². The standard InChI is InChI=1S/C14H17NO4/c1-3-15(2)13(16)10-19-12-7-5-4-6-11(12)8-9-14(17)18/h4-9H,3,10H2,1-2H3,(H,17,18)/b9-8+. The third-order valence-electron chi connectivity index (χ3n) is 2.58. The summed E-state index contributed by atoms with van der Waals surface area (Å²) in [6, 6.07) is 6.96. The summed E-state index contributed by atoms with van der Waals surface area (Å²) >= 11 is 0. The molecule has 0 unspecified atom stereocenters. The van der Waals surface area contributed by atoms with E-state index in [1.54, 1.807) is 36.2 Å². The fraction of sp³-hybridized carbons (Fsp3) is 0.286. The van der Waals surface area contributed by atoms with E-state index in [4.69, 9.17) is 9.84 Å². The second-order valence-corrected chi connectivity index (χ2v) is 3.91. The van der Waals surface area contributed by atoms with Crippen molar-refractivity contribution in [1.82, 2.24) is 4.90 Å². The highest BCUT2D eigenvalue weighted by molar-refractivity contribution is 5.86. The fourth-order valence-corrected chi connectivity index (χ4v) is 1.34. The van der Waals surface area contributed by atoms with Crippen LogP contribution in [0.15, 0.2) is 30.3 Å². The minimum absolute atomic E-state index is 0.0672. The van der Waals surface area contributed by atoms with E-state index < -0.39 is 5.97 Å². The maximum absolute atomic E-state index is 11.6. The molecular weight excluding hydrogens is 246 g/mol. The zero-order valence-electron chi connectivity index (χ0n) is 11.0. The molecule has 1 N–H and O–H groups in total. The van der Waals surface area contributed by atoms with Gasteiger partial charge in [0.1, 0.15) is 5.75 Å². The molecular formula is C14H17NO4. The van der Waals surface area contributed by atoms with Gasteiger partial charge in [-0.2, -0.15) is 0 Å². The summed E-state index contributed by atoms with van der Waals surface area (Å²) in [5.41, 5.74) is 0.622. The van der Waals surface area contributed by atoms with Crippen LogP contribution in [0.4, 0.5) is 0 Å². The quantitative estimate of drug-likeness (QED) is 0.792. The summed E-state index contributed by atoms with van der Waals surface area (Å²) in [4.78, 5) is 23.7. The molecule has 1 aromatic carbocycles. The van der Waals surface area contributed by atoms with Gasteiger partial charge in [0.05, 0.1) is 0 Å². The lowest BCUT2D eigenvalue weighted by Gasteiger charge is -2.15. The van der Waals surface area contributed by atoms with Gasteiger partial charge in [0.25, 0.3) is 5.91 Å². The number of nitrogens with zero attached hydrogens (tertiary/aromatic N) is 1. The largest absolute Gasteiger partial charge is 0.483 e. The number of carboxylic acids is 1. The Morgan fingerprint density at radius 2 is 2.05 bits per heavy atom. The molecule has 0 radical (unpaired) electrons. The lowest BCUT2D eigenvalue weighted by molar-refractivity contribution is -0.132. The first-order valence-electron chi connectivity index (χ1n) is 5.91. The molecule has 1 rings (SSSR count). The second kappa shape index (κ2) is 7.20. The number of carbonyl (C=O) groups is 2. The summed E-state index contributed by atoms with van der Waals surface area (Å²) in [5.74, 6) is -0.672. The number of rotatable bonds is 6. The molecule has 0 saturated carbocycles. The van der Waals surface area contributed by atoms with Gasteiger partial charge in [0.2, 0.25) is 0 Å². The maximum atomic E-state index is 11.6. The van der Waals surface area contributed by atoms with Gasteiger partial charge in [-0.25, -0.2) is 4.79 Å². The number of aliphatic carboxylic acids is 1. The van der Waals surface area contributed by atoms with Gasteiger partial charge in [-0.3, -0.25) is 4.79 Å². The molecule has 5 nitrogen and oxygen atoms in total. The fourth-order valence-electron chi connectivity index (χ4n) is 1.34. The lowest BCUT2D eigenvalue weighted by atomic mass is 10.2. The second-order valence-electron chi connectivity index (χ2n) is 3.91. The van der Waals surface area contributed by atoms with Crippen molar-refractivity contribution in [2.75, 3.05) is 20.2 Å². The summed E-state index contributed by atoms with van der Waals surface area (Å²) < 4.78 is 5.42. The number of para-hydroxylation sites is 1. The van der Waals surface area contributed by atoms with Gasteiger partial charge in [-0.05, 0) is 19.1 Å². The van der Waals surface area contributed by atoms with Gasteiger partial charge < -0.3 is 14.7 Å². The van der Waals surface area contributed by atoms with Crippen LogP contribution in [0.2, 0.25) is 0 Å². The Morgan fingerprint density at radius 3 is 2.68 bits per heavy atom. The summed E-state index contributed by atoms with van der Waals surface area (Å²) in [6.07, 6.45) is 2.47. The van der Waals surface area contributed by atoms with Gasteiger partial charge in [-0.1, -0.05) is 18.2 Å². The van der Waals surface area contributed by atoms with E-state index in [2.05, 4.69) is 0 Å². The molecule has 0 aliphatic carbocycles. The highest BCUT2D eigenvalue weighted by atomic mass is 16.5. The van der Waals surface area contributed by atoms with Crippen molar-refractivity contribution in [3.63, 3.8) is 0 Å². The SMILES string of the molecule is CCN(C)C(=O)COc1ccccc1/C=C/C(=O)O. The average molecular weight is 263 g/mol. The smallest absolute Gasteiger partial charge is 0.328 e. The molecule has 19 heavy (non-hydrogen) atoms. The van der Waals surface area contributed by atoms with Crippen molar-refractivity contribution in [3.8, 4) is 5.75 Å². The molecule has 0 aliphatic heterocycles. The Kier molecular flexibility index (Phi) is 5.60. The molecule has 0 saturated heterocycles. The van der Waals surface area contributed by atoms with Crippen LogP contribution >= 0.6 is 0 Å². The number of ether oxygens (including phenoxy) is 1. The minimum atomic E-state index is -1.03. The van der Waals surface area contributed by atoms with E-state index in [0.29, 0.717) is 17.9 Å². The van der Waals surface area contributed by atoms with E-state index in [1.807, 2.05) is 6.92 Å². The summed E-state index contributed by atoms with van der Waals surface area (Å²) in [6.45, 7) is 2.42.